The lowest BCUT2D eigenvalue weighted by Gasteiger charge is -2.20. The van der Waals surface area contributed by atoms with Crippen molar-refractivity contribution < 1.29 is 4.74 Å². The summed E-state index contributed by atoms with van der Waals surface area (Å²) < 4.78 is 11.1. The van der Waals surface area contributed by atoms with E-state index in [0.717, 1.165) is 17.1 Å². The van der Waals surface area contributed by atoms with E-state index in [1.807, 2.05) is 47.9 Å². The van der Waals surface area contributed by atoms with Crippen molar-refractivity contribution in [3.63, 3.8) is 0 Å². The molecule has 38 heavy (non-hydrogen) atoms. The van der Waals surface area contributed by atoms with Gasteiger partial charge in [0.05, 0.1) is 11.0 Å². The molecule has 0 atom stereocenters. The average molecular weight is 514 g/mol. The molecule has 3 aromatic heterocycles. The van der Waals surface area contributed by atoms with Crippen LogP contribution >= 0.6 is 11.3 Å². The highest BCUT2D eigenvalue weighted by molar-refractivity contribution is 7.26. The molecule has 4 aromatic carbocycles. The van der Waals surface area contributed by atoms with Gasteiger partial charge in [0.1, 0.15) is 17.3 Å². The Morgan fingerprint density at radius 1 is 0.763 bits per heavy atom. The molecule has 7 aromatic rings. The van der Waals surface area contributed by atoms with E-state index >= 15 is 0 Å². The first-order chi connectivity index (χ1) is 18.4. The minimum atomic E-state index is 0.00234. The van der Waals surface area contributed by atoms with Crippen molar-refractivity contribution in [1.82, 2.24) is 9.55 Å². The summed E-state index contributed by atoms with van der Waals surface area (Å²) in [5.74, 6) is 2.37. The van der Waals surface area contributed by atoms with Crippen LogP contribution in [0.5, 0.6) is 11.5 Å². The fourth-order valence-electron chi connectivity index (χ4n) is 5.32. The molecule has 5 heteroatoms. The second-order valence-electron chi connectivity index (χ2n) is 10.8. The predicted octanol–water partition coefficient (Wildman–Crippen LogP) is 9.22. The number of fused-ring (bicyclic) bond motifs is 7. The molecule has 0 saturated carbocycles. The van der Waals surface area contributed by atoms with Crippen LogP contribution in [-0.4, -0.2) is 9.55 Å². The summed E-state index contributed by atoms with van der Waals surface area (Å²) in [6.45, 7) is 6.71. The van der Waals surface area contributed by atoms with E-state index in [1.54, 1.807) is 0 Å². The third-order valence-electron chi connectivity index (χ3n) is 7.17. The van der Waals surface area contributed by atoms with Crippen LogP contribution in [0, 0.1) is 0 Å². The number of pyridine rings is 1. The van der Waals surface area contributed by atoms with Crippen LogP contribution in [0.15, 0.2) is 97.2 Å². The van der Waals surface area contributed by atoms with Crippen LogP contribution in [0.1, 0.15) is 26.3 Å². The molecule has 0 unspecified atom stereocenters. The summed E-state index contributed by atoms with van der Waals surface area (Å²) in [6.07, 6.45) is 1.92. The van der Waals surface area contributed by atoms with Crippen molar-refractivity contribution in [3.05, 3.63) is 103 Å². The summed E-state index contributed by atoms with van der Waals surface area (Å²) in [4.78, 5) is 4.90. The van der Waals surface area contributed by atoms with Crippen molar-refractivity contribution in [2.75, 3.05) is 5.73 Å². The van der Waals surface area contributed by atoms with Crippen molar-refractivity contribution in [2.45, 2.75) is 26.2 Å². The van der Waals surface area contributed by atoms with Gasteiger partial charge >= 0.3 is 0 Å². The zero-order valence-corrected chi connectivity index (χ0v) is 22.3. The van der Waals surface area contributed by atoms with Crippen molar-refractivity contribution in [1.29, 1.82) is 0 Å². The third-order valence-corrected chi connectivity index (χ3v) is 8.31. The van der Waals surface area contributed by atoms with E-state index in [9.17, 15) is 0 Å². The Labute approximate surface area is 224 Å². The van der Waals surface area contributed by atoms with Crippen molar-refractivity contribution >= 4 is 59.0 Å². The van der Waals surface area contributed by atoms with Crippen LogP contribution in [0.2, 0.25) is 0 Å². The monoisotopic (exact) mass is 513 g/mol. The van der Waals surface area contributed by atoms with Crippen LogP contribution < -0.4 is 10.5 Å². The van der Waals surface area contributed by atoms with Gasteiger partial charge in [-0.25, -0.2) is 4.98 Å². The number of ether oxygens (including phenoxy) is 1. The van der Waals surface area contributed by atoms with Gasteiger partial charge in [0.25, 0.3) is 0 Å². The van der Waals surface area contributed by atoms with E-state index in [0.29, 0.717) is 11.4 Å². The first-order valence-corrected chi connectivity index (χ1v) is 13.6. The topological polar surface area (TPSA) is 53.1 Å². The lowest BCUT2D eigenvalue weighted by molar-refractivity contribution is 0.483. The lowest BCUT2D eigenvalue weighted by Crippen LogP contribution is -2.12. The molecule has 0 fully saturated rings. The highest BCUT2D eigenvalue weighted by atomic mass is 32.1. The molecule has 0 saturated heterocycles. The highest BCUT2D eigenvalue weighted by Crippen LogP contribution is 2.43. The molecule has 186 valence electrons. The number of nitrogens with two attached hydrogens (primary N) is 1. The van der Waals surface area contributed by atoms with Gasteiger partial charge in [-0.1, -0.05) is 51.1 Å². The van der Waals surface area contributed by atoms with Crippen LogP contribution in [-0.2, 0) is 5.41 Å². The number of thiophene rings is 1. The Kier molecular flexibility index (Phi) is 5.00. The highest BCUT2D eigenvalue weighted by Gasteiger charge is 2.21. The van der Waals surface area contributed by atoms with Crippen LogP contribution in [0.4, 0.5) is 5.69 Å². The first kappa shape index (κ1) is 22.8. The number of benzene rings is 4. The van der Waals surface area contributed by atoms with Gasteiger partial charge in [-0.15, -0.1) is 11.3 Å². The number of hydrogen-bond donors (Lipinski definition) is 1. The number of anilines is 1. The van der Waals surface area contributed by atoms with E-state index in [-0.39, 0.29) is 5.41 Å². The molecule has 0 amide bonds. The largest absolute Gasteiger partial charge is 0.457 e. The molecule has 0 aliphatic heterocycles. The maximum atomic E-state index is 6.26. The Bertz CT molecular complexity index is 2010. The van der Waals surface area contributed by atoms with E-state index in [1.165, 1.54) is 42.0 Å². The molecular formula is C33H27N3OS. The predicted molar refractivity (Wildman–Crippen MR) is 161 cm³/mol. The molecule has 0 radical (unpaired) electrons. The standard InChI is InChI=1S/C33H27N3OS/c1-33(2,3)20-15-16-35-30(17-20)36-27-19-23(37-22-8-6-7-21(34)18-22)11-12-24(27)25-13-14-29-31(32(25)36)26-9-4-5-10-28(26)38-29/h4-19H,34H2,1-3H3. The van der Waals surface area contributed by atoms with E-state index in [4.69, 9.17) is 15.5 Å². The second-order valence-corrected chi connectivity index (χ2v) is 11.9. The molecule has 0 aliphatic rings. The summed E-state index contributed by atoms with van der Waals surface area (Å²) in [5, 5.41) is 4.90. The third kappa shape index (κ3) is 3.62. The molecular weight excluding hydrogens is 486 g/mol. The molecule has 0 spiro atoms. The number of nitrogen functional groups attached to an aromatic ring is 1. The van der Waals surface area contributed by atoms with Crippen LogP contribution in [0.3, 0.4) is 0 Å². The van der Waals surface area contributed by atoms with E-state index in [2.05, 4.69) is 86.0 Å². The summed E-state index contributed by atoms with van der Waals surface area (Å²) in [5.41, 5.74) is 10.2. The molecule has 7 rings (SSSR count). The lowest BCUT2D eigenvalue weighted by atomic mass is 9.88. The summed E-state index contributed by atoms with van der Waals surface area (Å²) in [7, 11) is 0. The minimum absolute atomic E-state index is 0.00234. The minimum Gasteiger partial charge on any atom is -0.457 e. The maximum Gasteiger partial charge on any atom is 0.137 e. The normalized spacial score (nSPS) is 12.2. The van der Waals surface area contributed by atoms with Crippen molar-refractivity contribution in [3.8, 4) is 17.3 Å². The van der Waals surface area contributed by atoms with Crippen molar-refractivity contribution in [2.24, 2.45) is 0 Å². The SMILES string of the molecule is CC(C)(C)c1ccnc(-n2c3cc(Oc4cccc(N)c4)ccc3c3ccc4sc5ccccc5c4c32)c1. The number of nitrogens with zero attached hydrogens (tertiary/aromatic N) is 2. The molecule has 0 aliphatic carbocycles. The summed E-state index contributed by atoms with van der Waals surface area (Å²) >= 11 is 1.83. The smallest absolute Gasteiger partial charge is 0.137 e. The van der Waals surface area contributed by atoms with Gasteiger partial charge in [-0.2, -0.15) is 0 Å². The Morgan fingerprint density at radius 3 is 2.42 bits per heavy atom. The number of hydrogen-bond acceptors (Lipinski definition) is 4. The van der Waals surface area contributed by atoms with Crippen LogP contribution in [0.25, 0.3) is 47.8 Å². The fourth-order valence-corrected chi connectivity index (χ4v) is 6.42. The zero-order chi connectivity index (χ0) is 26.0. The fraction of sp³-hybridized carbons (Fsp3) is 0.121. The van der Waals surface area contributed by atoms with Gasteiger partial charge in [-0.3, -0.25) is 4.57 Å². The van der Waals surface area contributed by atoms with Gasteiger partial charge < -0.3 is 10.5 Å². The van der Waals surface area contributed by atoms with Gasteiger partial charge in [-0.05, 0) is 59.5 Å². The van der Waals surface area contributed by atoms with Gasteiger partial charge in [0.15, 0.2) is 0 Å². The Hall–Kier alpha value is -4.35. The average Bonchev–Trinajstić information content (AvgIpc) is 3.43. The first-order valence-electron chi connectivity index (χ1n) is 12.8. The molecule has 3 heterocycles. The zero-order valence-electron chi connectivity index (χ0n) is 21.5. The molecule has 2 N–H and O–H groups in total. The Morgan fingerprint density at radius 2 is 1.58 bits per heavy atom. The van der Waals surface area contributed by atoms with Gasteiger partial charge in [0, 0.05) is 55.0 Å². The second kappa shape index (κ2) is 8.33. The molecule has 4 nitrogen and oxygen atoms in total. The van der Waals surface area contributed by atoms with E-state index < -0.39 is 0 Å². The summed E-state index contributed by atoms with van der Waals surface area (Å²) in [6, 6.07) is 31.3. The maximum absolute atomic E-state index is 6.26. The number of rotatable bonds is 3. The quantitative estimate of drug-likeness (QED) is 0.240. The van der Waals surface area contributed by atoms with Gasteiger partial charge in [0.2, 0.25) is 0 Å². The molecule has 0 bridgehead atoms. The Balaban J connectivity index is 1.58. The number of aromatic nitrogens is 2.